The molecule has 0 spiro atoms. The predicted octanol–water partition coefficient (Wildman–Crippen LogP) is 5.05. The minimum atomic E-state index is -1.43. The average molecular weight is 733 g/mol. The van der Waals surface area contributed by atoms with Crippen LogP contribution in [0.1, 0.15) is 35.1 Å². The summed E-state index contributed by atoms with van der Waals surface area (Å²) in [7, 11) is 2.87. The molecule has 9 nitrogen and oxygen atoms in total. The molecule has 0 amide bonds. The number of carbonyl (C=O) groups is 2. The molecule has 4 atom stereocenters. The molecule has 2 heterocycles. The van der Waals surface area contributed by atoms with Gasteiger partial charge in [0.2, 0.25) is 0 Å². The summed E-state index contributed by atoms with van der Waals surface area (Å²) in [6.07, 6.45) is 3.47. The molecular formula is C34H27Br2N3O6. The second kappa shape index (κ2) is 10.7. The van der Waals surface area contributed by atoms with Crippen LogP contribution in [0, 0.1) is 5.92 Å². The zero-order valence-electron chi connectivity index (χ0n) is 24.2. The molecule has 0 saturated heterocycles. The number of Topliss-reactive ketones (excluding diaryl/α,β-unsaturated/α-hetero) is 1. The van der Waals surface area contributed by atoms with Gasteiger partial charge in [-0.2, -0.15) is 0 Å². The highest BCUT2D eigenvalue weighted by atomic mass is 79.9. The zero-order valence-corrected chi connectivity index (χ0v) is 27.4. The van der Waals surface area contributed by atoms with Crippen molar-refractivity contribution in [3.63, 3.8) is 0 Å². The molecule has 0 unspecified atom stereocenters. The number of carbonyl (C=O) groups excluding carboxylic acids is 2. The minimum Gasteiger partial charge on any atom is -0.503 e. The monoisotopic (exact) mass is 731 g/mol. The third kappa shape index (κ3) is 4.02. The number of phenols is 1. The van der Waals surface area contributed by atoms with E-state index in [-0.39, 0.29) is 36.0 Å². The molecule has 0 bridgehead atoms. The highest BCUT2D eigenvalue weighted by Gasteiger charge is 2.63. The molecule has 1 aliphatic heterocycles. The van der Waals surface area contributed by atoms with Gasteiger partial charge < -0.3 is 9.84 Å². The lowest BCUT2D eigenvalue weighted by molar-refractivity contribution is -0.133. The fourth-order valence-electron chi connectivity index (χ4n) is 7.57. The summed E-state index contributed by atoms with van der Waals surface area (Å²) in [6, 6.07) is 19.3. The number of hydrogen-bond acceptors (Lipinski definition) is 6. The number of nitrogens with zero attached hydrogens (tertiary/aromatic N) is 3. The van der Waals surface area contributed by atoms with Gasteiger partial charge in [0.05, 0.1) is 29.6 Å². The Labute approximate surface area is 274 Å². The second-order valence-corrected chi connectivity index (χ2v) is 13.1. The van der Waals surface area contributed by atoms with Crippen LogP contribution < -0.4 is 16.1 Å². The van der Waals surface area contributed by atoms with Gasteiger partial charge >= 0.3 is 11.4 Å². The van der Waals surface area contributed by atoms with Crippen molar-refractivity contribution in [1.82, 2.24) is 13.9 Å². The van der Waals surface area contributed by atoms with Crippen LogP contribution in [0.4, 0.5) is 0 Å². The third-order valence-electron chi connectivity index (χ3n) is 9.53. The molecule has 1 aromatic heterocycles. The maximum Gasteiger partial charge on any atom is 0.347 e. The van der Waals surface area contributed by atoms with Crippen molar-refractivity contribution in [2.75, 3.05) is 7.11 Å². The first-order valence-corrected chi connectivity index (χ1v) is 16.0. The molecule has 2 aliphatic carbocycles. The number of ether oxygens (including phenoxy) is 1. The van der Waals surface area contributed by atoms with E-state index in [0.717, 1.165) is 10.1 Å². The highest BCUT2D eigenvalue weighted by molar-refractivity contribution is 9.13. The number of phenolic OH excluding ortho intramolecular Hbond substituents is 1. The molecule has 1 N–H and O–H groups in total. The number of aromatic nitrogens is 3. The molecule has 1 saturated carbocycles. The van der Waals surface area contributed by atoms with Crippen molar-refractivity contribution in [2.24, 2.45) is 13.0 Å². The first kappa shape index (κ1) is 29.5. The summed E-state index contributed by atoms with van der Waals surface area (Å²) in [5.74, 6) is -2.15. The Bertz CT molecular complexity index is 2090. The summed E-state index contributed by atoms with van der Waals surface area (Å²) in [6.45, 7) is 0.105. The van der Waals surface area contributed by atoms with Crippen LogP contribution in [0.25, 0.3) is 5.57 Å². The lowest BCUT2D eigenvalue weighted by Crippen LogP contribution is -2.58. The number of halogens is 2. The Morgan fingerprint density at radius 3 is 2.27 bits per heavy atom. The van der Waals surface area contributed by atoms with E-state index >= 15 is 4.79 Å². The summed E-state index contributed by atoms with van der Waals surface area (Å²) >= 11 is 7.17. The van der Waals surface area contributed by atoms with Crippen LogP contribution in [0.15, 0.2) is 103 Å². The molecule has 1 fully saturated rings. The van der Waals surface area contributed by atoms with E-state index in [1.165, 1.54) is 29.6 Å². The number of aromatic hydroxyl groups is 1. The molecule has 228 valence electrons. The smallest absolute Gasteiger partial charge is 0.347 e. The number of ketones is 2. The van der Waals surface area contributed by atoms with Crippen LogP contribution in [0.3, 0.4) is 0 Å². The molecule has 3 aliphatic rings. The first-order chi connectivity index (χ1) is 21.6. The lowest BCUT2D eigenvalue weighted by Gasteiger charge is -2.54. The fraction of sp³-hybridized carbons (Fsp3) is 0.235. The standard InChI is InChI=1S/C34H27Br2N3O6/c1-37-32(43)38-14-13-20-24(39(38)33(37)44)17-23-30(41)21(18-9-5-3-6-10-18)16-26(40)34(23,19-11-7-4-8-12-19)27(20)22-15-25(45-2)31(42)29(36)28(22)35/h3-13,15-16,23-24,27,42H,14,17H2,1-2H3/t23-,24+,27+,34-/m0/s1. The largest absolute Gasteiger partial charge is 0.503 e. The van der Waals surface area contributed by atoms with Crippen molar-refractivity contribution in [1.29, 1.82) is 0 Å². The van der Waals surface area contributed by atoms with E-state index in [0.29, 0.717) is 31.2 Å². The number of benzene rings is 3. The third-order valence-corrected chi connectivity index (χ3v) is 11.7. The van der Waals surface area contributed by atoms with Crippen molar-refractivity contribution in [3.05, 3.63) is 131 Å². The number of methoxy groups -OCH3 is 1. The quantitative estimate of drug-likeness (QED) is 0.294. The van der Waals surface area contributed by atoms with Crippen LogP contribution in [0.2, 0.25) is 0 Å². The second-order valence-electron chi connectivity index (χ2n) is 11.5. The number of hydrogen-bond donors (Lipinski definition) is 1. The Kier molecular flexibility index (Phi) is 7.01. The van der Waals surface area contributed by atoms with Gasteiger partial charge in [-0.3, -0.25) is 9.59 Å². The van der Waals surface area contributed by atoms with Crippen molar-refractivity contribution >= 4 is 49.0 Å². The zero-order chi connectivity index (χ0) is 31.8. The average Bonchev–Trinajstić information content (AvgIpc) is 3.29. The molecule has 0 radical (unpaired) electrons. The van der Waals surface area contributed by atoms with Crippen molar-refractivity contribution in [3.8, 4) is 11.5 Å². The predicted molar refractivity (Wildman–Crippen MR) is 175 cm³/mol. The maximum absolute atomic E-state index is 15.0. The van der Waals surface area contributed by atoms with Crippen LogP contribution in [-0.4, -0.2) is 37.7 Å². The van der Waals surface area contributed by atoms with Gasteiger partial charge in [0.25, 0.3) is 0 Å². The highest BCUT2D eigenvalue weighted by Crippen LogP contribution is 2.63. The molecule has 45 heavy (non-hydrogen) atoms. The van der Waals surface area contributed by atoms with Gasteiger partial charge in [-0.05, 0) is 72.7 Å². The van der Waals surface area contributed by atoms with Crippen molar-refractivity contribution in [2.45, 2.75) is 30.3 Å². The SMILES string of the molecule is COc1cc([C@H]2C3=CCn4c(=O)n(C)c(=O)n4[C@@H]3C[C@H]3C(=O)C(c4ccccc4)=CC(=O)[C@@]23c2ccccc2)c(Br)c(Br)c1O. The molecule has 3 aromatic carbocycles. The number of allylic oxidation sites excluding steroid dienone is 4. The van der Waals surface area contributed by atoms with E-state index in [4.69, 9.17) is 4.74 Å². The lowest BCUT2D eigenvalue weighted by atomic mass is 9.47. The maximum atomic E-state index is 15.0. The number of rotatable bonds is 4. The van der Waals surface area contributed by atoms with Crippen LogP contribution >= 0.6 is 31.9 Å². The first-order valence-electron chi connectivity index (χ1n) is 14.4. The molecular weight excluding hydrogens is 706 g/mol. The Balaban J connectivity index is 1.61. The molecule has 11 heteroatoms. The number of fused-ring (bicyclic) bond motifs is 4. The molecule has 4 aromatic rings. The summed E-state index contributed by atoms with van der Waals surface area (Å²) in [5.41, 5.74) is 0.503. The van der Waals surface area contributed by atoms with Crippen LogP contribution in [-0.2, 0) is 28.6 Å². The topological polar surface area (TPSA) is 113 Å². The van der Waals surface area contributed by atoms with E-state index in [1.807, 2.05) is 54.6 Å². The van der Waals surface area contributed by atoms with E-state index in [9.17, 15) is 19.5 Å². The van der Waals surface area contributed by atoms with Gasteiger partial charge in [-0.15, -0.1) is 0 Å². The minimum absolute atomic E-state index is 0.105. The Hall–Kier alpha value is -4.22. The van der Waals surface area contributed by atoms with Crippen molar-refractivity contribution < 1.29 is 19.4 Å². The van der Waals surface area contributed by atoms with Gasteiger partial charge in [-0.1, -0.05) is 66.7 Å². The van der Waals surface area contributed by atoms with E-state index in [2.05, 4.69) is 31.9 Å². The van der Waals surface area contributed by atoms with E-state index in [1.54, 1.807) is 18.2 Å². The Morgan fingerprint density at radius 2 is 1.60 bits per heavy atom. The van der Waals surface area contributed by atoms with Gasteiger partial charge in [-0.25, -0.2) is 23.5 Å². The van der Waals surface area contributed by atoms with Gasteiger partial charge in [0.15, 0.2) is 23.1 Å². The Morgan fingerprint density at radius 1 is 0.933 bits per heavy atom. The summed E-state index contributed by atoms with van der Waals surface area (Å²) in [5, 5.41) is 10.9. The van der Waals surface area contributed by atoms with Gasteiger partial charge in [0, 0.05) is 28.9 Å². The van der Waals surface area contributed by atoms with E-state index < -0.39 is 34.7 Å². The summed E-state index contributed by atoms with van der Waals surface area (Å²) in [4.78, 5) is 56.6. The molecule has 7 rings (SSSR count). The van der Waals surface area contributed by atoms with Crippen LogP contribution in [0.5, 0.6) is 11.5 Å². The van der Waals surface area contributed by atoms with Gasteiger partial charge in [0.1, 0.15) is 0 Å². The summed E-state index contributed by atoms with van der Waals surface area (Å²) < 4.78 is 10.2. The fourth-order valence-corrected chi connectivity index (χ4v) is 8.52. The normalized spacial score (nSPS) is 23.9.